The lowest BCUT2D eigenvalue weighted by Gasteiger charge is -2.12. The van der Waals surface area contributed by atoms with E-state index in [-0.39, 0.29) is 26.9 Å². The van der Waals surface area contributed by atoms with E-state index in [2.05, 4.69) is 10.3 Å². The number of para-hydroxylation sites is 1. The highest BCUT2D eigenvalue weighted by atomic mass is 35.5. The Kier molecular flexibility index (Phi) is 9.72. The number of aliphatic carboxylic acids is 1. The van der Waals surface area contributed by atoms with Crippen LogP contribution in [0.25, 0.3) is 17.3 Å². The van der Waals surface area contributed by atoms with E-state index >= 15 is 0 Å². The van der Waals surface area contributed by atoms with Gasteiger partial charge in [-0.15, -0.1) is 11.3 Å². The fourth-order valence-corrected chi connectivity index (χ4v) is 4.59. The smallest absolute Gasteiger partial charge is 0.371 e. The van der Waals surface area contributed by atoms with Gasteiger partial charge in [0.1, 0.15) is 5.75 Å². The molecular formula is C25H24Cl2N2O6S. The van der Waals surface area contributed by atoms with Gasteiger partial charge < -0.3 is 19.3 Å². The summed E-state index contributed by atoms with van der Waals surface area (Å²) in [5.41, 5.74) is 2.73. The SMILES string of the molecule is CCCOCc1cccc(-c2csc(NC(=O)c3cc(Cl)c(/C=C(\OC)C(=O)O)c(Cl)c3)n2)c1OC. The van der Waals surface area contributed by atoms with E-state index in [9.17, 15) is 9.59 Å². The minimum atomic E-state index is -1.28. The molecule has 2 aromatic carbocycles. The zero-order valence-corrected chi connectivity index (χ0v) is 22.1. The summed E-state index contributed by atoms with van der Waals surface area (Å²) in [6, 6.07) is 8.51. The highest BCUT2D eigenvalue weighted by Crippen LogP contribution is 2.35. The number of hydrogen-bond acceptors (Lipinski definition) is 7. The maximum absolute atomic E-state index is 12.8. The number of aromatic nitrogens is 1. The van der Waals surface area contributed by atoms with Crippen molar-refractivity contribution in [3.8, 4) is 17.0 Å². The van der Waals surface area contributed by atoms with Gasteiger partial charge in [0.2, 0.25) is 5.76 Å². The molecule has 0 fully saturated rings. The molecule has 0 bridgehead atoms. The van der Waals surface area contributed by atoms with E-state index < -0.39 is 11.9 Å². The number of nitrogens with one attached hydrogen (secondary N) is 1. The summed E-state index contributed by atoms with van der Waals surface area (Å²) in [5.74, 6) is -1.44. The van der Waals surface area contributed by atoms with Gasteiger partial charge in [0.05, 0.1) is 36.6 Å². The molecule has 1 amide bonds. The lowest BCUT2D eigenvalue weighted by Crippen LogP contribution is -2.12. The quantitative estimate of drug-likeness (QED) is 0.162. The number of nitrogens with zero attached hydrogens (tertiary/aromatic N) is 1. The minimum absolute atomic E-state index is 0.0927. The second kappa shape index (κ2) is 12.7. The normalized spacial score (nSPS) is 11.3. The van der Waals surface area contributed by atoms with Crippen LogP contribution in [0.4, 0.5) is 5.13 Å². The van der Waals surface area contributed by atoms with E-state index in [1.807, 2.05) is 30.5 Å². The van der Waals surface area contributed by atoms with Crippen LogP contribution < -0.4 is 10.1 Å². The summed E-state index contributed by atoms with van der Waals surface area (Å²) < 4.78 is 16.1. The molecule has 190 valence electrons. The molecule has 0 radical (unpaired) electrons. The molecule has 0 saturated heterocycles. The second-order valence-corrected chi connectivity index (χ2v) is 9.09. The first-order valence-electron chi connectivity index (χ1n) is 10.8. The third kappa shape index (κ3) is 6.55. The first kappa shape index (κ1) is 27.5. The van der Waals surface area contributed by atoms with Gasteiger partial charge in [0.15, 0.2) is 5.13 Å². The van der Waals surface area contributed by atoms with Crippen molar-refractivity contribution in [1.29, 1.82) is 0 Å². The fraction of sp³-hybridized carbons (Fsp3) is 0.240. The first-order valence-corrected chi connectivity index (χ1v) is 12.4. The lowest BCUT2D eigenvalue weighted by atomic mass is 10.1. The Morgan fingerprint density at radius 3 is 2.53 bits per heavy atom. The van der Waals surface area contributed by atoms with Crippen LogP contribution in [0.1, 0.15) is 34.8 Å². The van der Waals surface area contributed by atoms with E-state index in [0.29, 0.717) is 29.8 Å². The molecule has 1 heterocycles. The number of hydrogen-bond donors (Lipinski definition) is 2. The number of ether oxygens (including phenoxy) is 3. The molecule has 11 heteroatoms. The van der Waals surface area contributed by atoms with Crippen molar-refractivity contribution in [3.63, 3.8) is 0 Å². The highest BCUT2D eigenvalue weighted by molar-refractivity contribution is 7.14. The summed E-state index contributed by atoms with van der Waals surface area (Å²) in [7, 11) is 2.81. The summed E-state index contributed by atoms with van der Waals surface area (Å²) >= 11 is 13.8. The van der Waals surface area contributed by atoms with Gasteiger partial charge in [0, 0.05) is 34.2 Å². The number of halogens is 2. The van der Waals surface area contributed by atoms with Crippen molar-refractivity contribution < 1.29 is 28.9 Å². The summed E-state index contributed by atoms with van der Waals surface area (Å²) in [5, 5.41) is 14.2. The first-order chi connectivity index (χ1) is 17.3. The molecule has 0 spiro atoms. The number of benzene rings is 2. The Morgan fingerprint density at radius 2 is 1.92 bits per heavy atom. The number of amides is 1. The Bertz CT molecular complexity index is 1270. The molecule has 0 saturated carbocycles. The number of anilines is 1. The van der Waals surface area contributed by atoms with Crippen molar-refractivity contribution in [2.75, 3.05) is 26.1 Å². The largest absolute Gasteiger partial charge is 0.496 e. The predicted octanol–water partition coefficient (Wildman–Crippen LogP) is 6.38. The van der Waals surface area contributed by atoms with Crippen LogP contribution in [0.5, 0.6) is 5.75 Å². The topological polar surface area (TPSA) is 107 Å². The monoisotopic (exact) mass is 550 g/mol. The molecule has 0 aliphatic heterocycles. The van der Waals surface area contributed by atoms with Gasteiger partial charge in [-0.25, -0.2) is 9.78 Å². The Labute approximate surface area is 222 Å². The van der Waals surface area contributed by atoms with Gasteiger partial charge in [-0.2, -0.15) is 0 Å². The van der Waals surface area contributed by atoms with Gasteiger partial charge in [-0.1, -0.05) is 42.3 Å². The van der Waals surface area contributed by atoms with Crippen molar-refractivity contribution in [3.05, 3.63) is 68.2 Å². The van der Waals surface area contributed by atoms with E-state index in [4.69, 9.17) is 42.5 Å². The summed E-state index contributed by atoms with van der Waals surface area (Å²) in [6.07, 6.45) is 2.11. The number of carboxylic acids is 1. The van der Waals surface area contributed by atoms with Crippen molar-refractivity contribution in [1.82, 2.24) is 4.98 Å². The maximum atomic E-state index is 12.8. The van der Waals surface area contributed by atoms with Crippen LogP contribution in [0.15, 0.2) is 41.5 Å². The molecule has 3 rings (SSSR count). The van der Waals surface area contributed by atoms with Gasteiger partial charge in [-0.05, 0) is 30.7 Å². The molecule has 0 atom stereocenters. The lowest BCUT2D eigenvalue weighted by molar-refractivity contribution is -0.135. The van der Waals surface area contributed by atoms with Gasteiger partial charge >= 0.3 is 5.97 Å². The van der Waals surface area contributed by atoms with Crippen molar-refractivity contribution >= 4 is 57.6 Å². The molecule has 36 heavy (non-hydrogen) atoms. The van der Waals surface area contributed by atoms with Gasteiger partial charge in [-0.3, -0.25) is 10.1 Å². The second-order valence-electron chi connectivity index (χ2n) is 7.41. The molecule has 2 N–H and O–H groups in total. The summed E-state index contributed by atoms with van der Waals surface area (Å²) in [6.45, 7) is 3.12. The summed E-state index contributed by atoms with van der Waals surface area (Å²) in [4.78, 5) is 28.6. The molecule has 0 aliphatic rings. The van der Waals surface area contributed by atoms with Crippen molar-refractivity contribution in [2.24, 2.45) is 0 Å². The van der Waals surface area contributed by atoms with Gasteiger partial charge in [0.25, 0.3) is 5.91 Å². The van der Waals surface area contributed by atoms with Crippen LogP contribution in [-0.2, 0) is 20.9 Å². The van der Waals surface area contributed by atoms with Crippen LogP contribution >= 0.6 is 34.5 Å². The number of carbonyl (C=O) groups excluding carboxylic acids is 1. The maximum Gasteiger partial charge on any atom is 0.371 e. The van der Waals surface area contributed by atoms with Crippen molar-refractivity contribution in [2.45, 2.75) is 20.0 Å². The average molecular weight is 551 g/mol. The number of methoxy groups -OCH3 is 2. The average Bonchev–Trinajstić information content (AvgIpc) is 3.31. The molecule has 0 unspecified atom stereocenters. The van der Waals surface area contributed by atoms with Crippen LogP contribution in [-0.4, -0.2) is 42.8 Å². The van der Waals surface area contributed by atoms with Crippen LogP contribution in [0.2, 0.25) is 10.0 Å². The Morgan fingerprint density at radius 1 is 1.19 bits per heavy atom. The zero-order valence-electron chi connectivity index (χ0n) is 19.8. The number of carbonyl (C=O) groups is 2. The Balaban J connectivity index is 1.82. The molecular weight excluding hydrogens is 527 g/mol. The number of carboxylic acid groups (broad SMARTS) is 1. The van der Waals surface area contributed by atoms with Crippen LogP contribution in [0.3, 0.4) is 0 Å². The number of thiazole rings is 1. The van der Waals surface area contributed by atoms with E-state index in [1.54, 1.807) is 7.11 Å². The van der Waals surface area contributed by atoms with Crippen LogP contribution in [0, 0.1) is 0 Å². The van der Waals surface area contributed by atoms with E-state index in [1.165, 1.54) is 36.7 Å². The number of rotatable bonds is 11. The molecule has 8 nitrogen and oxygen atoms in total. The standard InChI is InChI=1S/C25H24Cl2N2O6S/c1-4-8-35-12-14-6-5-7-16(22(14)34-3)20-13-36-25(28-20)29-23(30)15-9-18(26)17(19(27)10-15)11-21(33-2)24(31)32/h5-7,9-11,13H,4,8,12H2,1-3H3,(H,31,32)(H,28,29,30)/b21-11-. The highest BCUT2D eigenvalue weighted by Gasteiger charge is 2.18. The minimum Gasteiger partial charge on any atom is -0.496 e. The zero-order chi connectivity index (χ0) is 26.2. The fourth-order valence-electron chi connectivity index (χ4n) is 3.28. The predicted molar refractivity (Wildman–Crippen MR) is 141 cm³/mol. The Hall–Kier alpha value is -3.11. The third-order valence-electron chi connectivity index (χ3n) is 4.95. The molecule has 1 aromatic heterocycles. The molecule has 3 aromatic rings. The third-order valence-corrected chi connectivity index (χ3v) is 6.34. The molecule has 0 aliphatic carbocycles. The van der Waals surface area contributed by atoms with E-state index in [0.717, 1.165) is 17.5 Å².